The molecule has 0 heterocycles. The van der Waals surface area contributed by atoms with Crippen LogP contribution >= 0.6 is 0 Å². The van der Waals surface area contributed by atoms with Crippen LogP contribution in [0.1, 0.15) is 12.0 Å². The Labute approximate surface area is 125 Å². The van der Waals surface area contributed by atoms with Gasteiger partial charge in [0.25, 0.3) is 0 Å². The molecule has 120 valence electrons. The van der Waals surface area contributed by atoms with Crippen LogP contribution < -0.4 is 15.2 Å². The molecule has 3 N–H and O–H groups in total. The van der Waals surface area contributed by atoms with Gasteiger partial charge >= 0.3 is 0 Å². The van der Waals surface area contributed by atoms with E-state index in [0.29, 0.717) is 11.3 Å². The molecule has 9 heteroatoms. The summed E-state index contributed by atoms with van der Waals surface area (Å²) in [5.74, 6) is 0.111. The van der Waals surface area contributed by atoms with Gasteiger partial charge in [-0.15, -0.1) is 0 Å². The predicted octanol–water partition coefficient (Wildman–Crippen LogP) is 0.299. The molecule has 0 aromatic heterocycles. The van der Waals surface area contributed by atoms with Crippen LogP contribution in [0.4, 0.5) is 5.69 Å². The minimum absolute atomic E-state index is 0.0202. The number of benzene rings is 1. The van der Waals surface area contributed by atoms with Gasteiger partial charge in [-0.05, 0) is 31.0 Å². The molecular weight excluding hydrogens is 316 g/mol. The zero-order valence-electron chi connectivity index (χ0n) is 12.2. The van der Waals surface area contributed by atoms with E-state index >= 15 is 0 Å². The largest absolute Gasteiger partial charge is 0.495 e. The summed E-state index contributed by atoms with van der Waals surface area (Å²) >= 11 is 0. The van der Waals surface area contributed by atoms with Gasteiger partial charge in [0.15, 0.2) is 0 Å². The fourth-order valence-electron chi connectivity index (χ4n) is 1.67. The Kier molecular flexibility index (Phi) is 5.60. The molecule has 0 fully saturated rings. The third kappa shape index (κ3) is 5.18. The molecular formula is C12H20N2O5S2. The smallest absolute Gasteiger partial charge is 0.244 e. The fraction of sp³-hybridized carbons (Fsp3) is 0.500. The molecule has 0 saturated heterocycles. The van der Waals surface area contributed by atoms with E-state index in [9.17, 15) is 16.8 Å². The average molecular weight is 336 g/mol. The van der Waals surface area contributed by atoms with E-state index in [-0.39, 0.29) is 29.4 Å². The summed E-state index contributed by atoms with van der Waals surface area (Å²) in [6.07, 6.45) is 1.30. The quantitative estimate of drug-likeness (QED) is 0.546. The van der Waals surface area contributed by atoms with Crippen LogP contribution in [0.5, 0.6) is 5.75 Å². The number of nitrogens with two attached hydrogens (primary N) is 1. The Hall–Kier alpha value is -1.32. The zero-order valence-corrected chi connectivity index (χ0v) is 13.8. The predicted molar refractivity (Wildman–Crippen MR) is 81.7 cm³/mol. The summed E-state index contributed by atoms with van der Waals surface area (Å²) in [4.78, 5) is -0.0625. The van der Waals surface area contributed by atoms with Crippen LogP contribution in [0, 0.1) is 6.92 Å². The van der Waals surface area contributed by atoms with E-state index in [4.69, 9.17) is 10.5 Å². The van der Waals surface area contributed by atoms with E-state index < -0.39 is 19.9 Å². The van der Waals surface area contributed by atoms with E-state index in [1.54, 1.807) is 13.0 Å². The Balaban J connectivity index is 2.90. The summed E-state index contributed by atoms with van der Waals surface area (Å²) in [7, 11) is -5.55. The first-order valence-corrected chi connectivity index (χ1v) is 9.72. The van der Waals surface area contributed by atoms with Crippen molar-refractivity contribution in [2.75, 3.05) is 31.4 Å². The highest BCUT2D eigenvalue weighted by atomic mass is 32.2. The Morgan fingerprint density at radius 1 is 1.24 bits per heavy atom. The molecule has 1 aromatic rings. The average Bonchev–Trinajstić information content (AvgIpc) is 2.36. The molecule has 7 nitrogen and oxygen atoms in total. The molecule has 0 amide bonds. The van der Waals surface area contributed by atoms with Gasteiger partial charge in [-0.25, -0.2) is 21.6 Å². The van der Waals surface area contributed by atoms with Gasteiger partial charge in [-0.1, -0.05) is 0 Å². The number of anilines is 1. The molecule has 0 aliphatic heterocycles. The molecule has 0 unspecified atom stereocenters. The first-order valence-electron chi connectivity index (χ1n) is 6.18. The second-order valence-electron chi connectivity index (χ2n) is 4.74. The molecule has 0 radical (unpaired) electrons. The first-order chi connectivity index (χ1) is 9.57. The van der Waals surface area contributed by atoms with Crippen LogP contribution in [0.2, 0.25) is 0 Å². The van der Waals surface area contributed by atoms with E-state index in [0.717, 1.165) is 6.26 Å². The van der Waals surface area contributed by atoms with Gasteiger partial charge in [0.1, 0.15) is 20.5 Å². The van der Waals surface area contributed by atoms with Crippen molar-refractivity contribution in [3.8, 4) is 5.75 Å². The minimum Gasteiger partial charge on any atom is -0.495 e. The molecule has 0 spiro atoms. The molecule has 0 atom stereocenters. The molecule has 1 aromatic carbocycles. The van der Waals surface area contributed by atoms with Crippen LogP contribution in [-0.2, 0) is 19.9 Å². The third-order valence-corrected chi connectivity index (χ3v) is 5.34. The van der Waals surface area contributed by atoms with Crippen molar-refractivity contribution in [2.24, 2.45) is 0 Å². The fourth-order valence-corrected chi connectivity index (χ4v) is 3.59. The highest BCUT2D eigenvalue weighted by molar-refractivity contribution is 7.90. The molecule has 0 bridgehead atoms. The van der Waals surface area contributed by atoms with Gasteiger partial charge < -0.3 is 10.5 Å². The number of hydrogen-bond donors (Lipinski definition) is 2. The van der Waals surface area contributed by atoms with Crippen LogP contribution in [0.15, 0.2) is 17.0 Å². The number of nitrogen functional groups attached to an aromatic ring is 1. The third-order valence-electron chi connectivity index (χ3n) is 2.83. The summed E-state index contributed by atoms with van der Waals surface area (Å²) in [5, 5.41) is 0. The van der Waals surface area contributed by atoms with E-state index in [1.807, 2.05) is 0 Å². The number of rotatable bonds is 7. The Bertz CT molecular complexity index is 711. The summed E-state index contributed by atoms with van der Waals surface area (Å²) < 4.78 is 53.8. The van der Waals surface area contributed by atoms with Crippen LogP contribution in [0.25, 0.3) is 0 Å². The second kappa shape index (κ2) is 6.63. The number of ether oxygens (including phenoxy) is 1. The summed E-state index contributed by atoms with van der Waals surface area (Å²) in [6.45, 7) is 1.76. The standard InChI is InChI=1S/C12H20N2O5S2/c1-9-7-11(19-2)12(8-10(9)13)21(17,18)14-5-4-6-20(3,15)16/h7-8,14H,4-6,13H2,1-3H3. The van der Waals surface area contributed by atoms with Crippen molar-refractivity contribution in [1.82, 2.24) is 4.72 Å². The topological polar surface area (TPSA) is 116 Å². The molecule has 21 heavy (non-hydrogen) atoms. The number of methoxy groups -OCH3 is 1. The van der Waals surface area contributed by atoms with Crippen molar-refractivity contribution in [1.29, 1.82) is 0 Å². The lowest BCUT2D eigenvalue weighted by Gasteiger charge is -2.13. The maximum absolute atomic E-state index is 12.2. The second-order valence-corrected chi connectivity index (χ2v) is 8.74. The number of sulfone groups is 1. The normalized spacial score (nSPS) is 12.3. The van der Waals surface area contributed by atoms with Gasteiger partial charge in [0, 0.05) is 18.5 Å². The highest BCUT2D eigenvalue weighted by Gasteiger charge is 2.20. The van der Waals surface area contributed by atoms with Crippen molar-refractivity contribution in [2.45, 2.75) is 18.2 Å². The molecule has 1 rings (SSSR count). The van der Waals surface area contributed by atoms with Crippen molar-refractivity contribution in [3.63, 3.8) is 0 Å². The lowest BCUT2D eigenvalue weighted by molar-refractivity contribution is 0.402. The molecule has 0 aliphatic rings. The highest BCUT2D eigenvalue weighted by Crippen LogP contribution is 2.28. The van der Waals surface area contributed by atoms with Crippen LogP contribution in [0.3, 0.4) is 0 Å². The number of sulfonamides is 1. The Morgan fingerprint density at radius 2 is 1.86 bits per heavy atom. The number of aryl methyl sites for hydroxylation is 1. The summed E-state index contributed by atoms with van der Waals surface area (Å²) in [6, 6.07) is 2.87. The van der Waals surface area contributed by atoms with Gasteiger partial charge in [-0.2, -0.15) is 0 Å². The van der Waals surface area contributed by atoms with Crippen LogP contribution in [-0.4, -0.2) is 42.5 Å². The maximum Gasteiger partial charge on any atom is 0.244 e. The van der Waals surface area contributed by atoms with E-state index in [2.05, 4.69) is 4.72 Å². The lowest BCUT2D eigenvalue weighted by Crippen LogP contribution is -2.26. The Morgan fingerprint density at radius 3 is 2.38 bits per heavy atom. The van der Waals surface area contributed by atoms with Gasteiger partial charge in [0.2, 0.25) is 10.0 Å². The first kappa shape index (κ1) is 17.7. The van der Waals surface area contributed by atoms with Gasteiger partial charge in [0.05, 0.1) is 12.9 Å². The summed E-state index contributed by atoms with van der Waals surface area (Å²) in [5.41, 5.74) is 6.78. The molecule has 0 aliphatic carbocycles. The number of nitrogens with one attached hydrogen (secondary N) is 1. The van der Waals surface area contributed by atoms with Crippen molar-refractivity contribution >= 4 is 25.5 Å². The van der Waals surface area contributed by atoms with Crippen molar-refractivity contribution in [3.05, 3.63) is 17.7 Å². The number of hydrogen-bond acceptors (Lipinski definition) is 6. The van der Waals surface area contributed by atoms with E-state index in [1.165, 1.54) is 13.2 Å². The maximum atomic E-state index is 12.2. The van der Waals surface area contributed by atoms with Gasteiger partial charge in [-0.3, -0.25) is 0 Å². The zero-order chi connectivity index (χ0) is 16.3. The SMILES string of the molecule is COc1cc(C)c(N)cc1S(=O)(=O)NCCCS(C)(=O)=O. The monoisotopic (exact) mass is 336 g/mol. The van der Waals surface area contributed by atoms with Crippen molar-refractivity contribution < 1.29 is 21.6 Å². The molecule has 0 saturated carbocycles. The lowest BCUT2D eigenvalue weighted by atomic mass is 10.2. The minimum atomic E-state index is -3.81.